The van der Waals surface area contributed by atoms with Crippen molar-refractivity contribution in [3.63, 3.8) is 0 Å². The average molecular weight is 337 g/mol. The number of nitrogens with zero attached hydrogens (tertiary/aromatic N) is 1. The molecule has 6 heteroatoms. The van der Waals surface area contributed by atoms with Gasteiger partial charge in [0, 0.05) is 12.9 Å². The maximum Gasteiger partial charge on any atom is 0.465 e. The lowest BCUT2D eigenvalue weighted by molar-refractivity contribution is 0.00578. The first kappa shape index (κ1) is 19.3. The molecule has 0 aromatic carbocycles. The molecule has 0 aromatic rings. The van der Waals surface area contributed by atoms with Crippen LogP contribution < -0.4 is 0 Å². The second-order valence-electron chi connectivity index (χ2n) is 8.91. The van der Waals surface area contributed by atoms with E-state index in [-0.39, 0.29) is 36.3 Å². The van der Waals surface area contributed by atoms with Crippen molar-refractivity contribution < 1.29 is 18.8 Å². The summed E-state index contributed by atoms with van der Waals surface area (Å²) in [5, 5.41) is 0. The van der Waals surface area contributed by atoms with E-state index < -0.39 is 5.60 Å². The minimum Gasteiger partial charge on any atom is -0.444 e. The van der Waals surface area contributed by atoms with Gasteiger partial charge < -0.3 is 18.9 Å². The third-order valence-corrected chi connectivity index (χ3v) is 5.18. The van der Waals surface area contributed by atoms with Gasteiger partial charge in [0.2, 0.25) is 0 Å². The van der Waals surface area contributed by atoms with Crippen LogP contribution in [0, 0.1) is 0 Å². The molecule has 1 fully saturated rings. The maximum atomic E-state index is 12.2. The first-order chi connectivity index (χ1) is 10.8. The molecule has 1 saturated heterocycles. The molecule has 0 N–H and O–H groups in total. The van der Waals surface area contributed by atoms with Crippen molar-refractivity contribution in [1.82, 2.24) is 4.90 Å². The summed E-state index contributed by atoms with van der Waals surface area (Å²) in [7, 11) is 1.57. The summed E-state index contributed by atoms with van der Waals surface area (Å²) in [6.45, 7) is 13.9. The highest BCUT2D eigenvalue weighted by Gasteiger charge is 2.53. The molecule has 1 amide bonds. The molecular weight excluding hydrogens is 305 g/mol. The molecule has 2 atom stereocenters. The minimum absolute atomic E-state index is 0.0542. The molecule has 24 heavy (non-hydrogen) atoms. The van der Waals surface area contributed by atoms with Crippen molar-refractivity contribution >= 4 is 13.2 Å². The first-order valence-corrected chi connectivity index (χ1v) is 8.82. The third kappa shape index (κ3) is 4.15. The summed E-state index contributed by atoms with van der Waals surface area (Å²) in [5.74, 6) is 0.217. The van der Waals surface area contributed by atoms with E-state index in [1.54, 1.807) is 11.9 Å². The van der Waals surface area contributed by atoms with Gasteiger partial charge in [-0.1, -0.05) is 12.2 Å². The van der Waals surface area contributed by atoms with Crippen LogP contribution in [0.2, 0.25) is 5.82 Å². The highest BCUT2D eigenvalue weighted by atomic mass is 16.7. The predicted molar refractivity (Wildman–Crippen MR) is 96.0 cm³/mol. The second kappa shape index (κ2) is 6.38. The van der Waals surface area contributed by atoms with Gasteiger partial charge >= 0.3 is 13.2 Å². The van der Waals surface area contributed by atoms with Crippen LogP contribution in [0.3, 0.4) is 0 Å². The standard InChI is InChI=1S/C18H32BNO4/c1-16(2,3)22-15(21)20(8)14-11-9-13(10-12-14)19-23-17(4,5)18(6,7)24-19/h9,11,13-14H,10,12H2,1-8H3/t13-,14+/m0/s1. The van der Waals surface area contributed by atoms with Gasteiger partial charge in [-0.25, -0.2) is 4.79 Å². The molecule has 0 radical (unpaired) electrons. The van der Waals surface area contributed by atoms with E-state index in [4.69, 9.17) is 14.0 Å². The van der Waals surface area contributed by atoms with Crippen LogP contribution in [-0.2, 0) is 14.0 Å². The molecule has 1 heterocycles. The highest BCUT2D eigenvalue weighted by molar-refractivity contribution is 6.48. The van der Waals surface area contributed by atoms with Crippen LogP contribution >= 0.6 is 0 Å². The Labute approximate surface area is 146 Å². The molecule has 136 valence electrons. The van der Waals surface area contributed by atoms with Crippen molar-refractivity contribution in [1.29, 1.82) is 0 Å². The van der Waals surface area contributed by atoms with Gasteiger partial charge in [0.25, 0.3) is 0 Å². The molecular formula is C18H32BNO4. The fraction of sp³-hybridized carbons (Fsp3) is 0.833. The van der Waals surface area contributed by atoms with Crippen molar-refractivity contribution in [3.8, 4) is 0 Å². The SMILES string of the molecule is CN(C(=O)OC(C)(C)C)[C@@H]1C=C[C@H](B2OC(C)(C)C(C)(C)O2)CC1. The monoisotopic (exact) mass is 337 g/mol. The fourth-order valence-corrected chi connectivity index (χ4v) is 2.91. The van der Waals surface area contributed by atoms with Gasteiger partial charge in [-0.05, 0) is 61.3 Å². The van der Waals surface area contributed by atoms with Crippen molar-refractivity contribution in [2.24, 2.45) is 0 Å². The van der Waals surface area contributed by atoms with E-state index in [1.807, 2.05) is 20.8 Å². The molecule has 0 unspecified atom stereocenters. The lowest BCUT2D eigenvalue weighted by Gasteiger charge is -2.32. The molecule has 5 nitrogen and oxygen atoms in total. The second-order valence-corrected chi connectivity index (χ2v) is 8.91. The number of likely N-dealkylation sites (N-methyl/N-ethyl adjacent to an activating group) is 1. The van der Waals surface area contributed by atoms with Gasteiger partial charge in [-0.3, -0.25) is 0 Å². The summed E-state index contributed by atoms with van der Waals surface area (Å²) >= 11 is 0. The lowest BCUT2D eigenvalue weighted by atomic mass is 9.67. The van der Waals surface area contributed by atoms with E-state index in [1.165, 1.54) is 0 Å². The fourth-order valence-electron chi connectivity index (χ4n) is 2.91. The van der Waals surface area contributed by atoms with E-state index >= 15 is 0 Å². The zero-order valence-corrected chi connectivity index (χ0v) is 16.4. The first-order valence-electron chi connectivity index (χ1n) is 8.82. The Kier molecular flexibility index (Phi) is 5.13. The van der Waals surface area contributed by atoms with Crippen molar-refractivity contribution in [2.75, 3.05) is 7.05 Å². The van der Waals surface area contributed by atoms with Gasteiger partial charge in [0.15, 0.2) is 0 Å². The summed E-state index contributed by atoms with van der Waals surface area (Å²) in [6, 6.07) is 0.0542. The van der Waals surface area contributed by atoms with Crippen LogP contribution in [0.4, 0.5) is 4.79 Å². The van der Waals surface area contributed by atoms with Crippen LogP contribution in [0.15, 0.2) is 12.2 Å². The van der Waals surface area contributed by atoms with Crippen LogP contribution in [0.5, 0.6) is 0 Å². The summed E-state index contributed by atoms with van der Waals surface area (Å²) in [4.78, 5) is 13.9. The van der Waals surface area contributed by atoms with Crippen LogP contribution in [0.25, 0.3) is 0 Å². The zero-order chi connectivity index (χ0) is 18.3. The summed E-state index contributed by atoms with van der Waals surface area (Å²) in [6.07, 6.45) is 5.71. The third-order valence-electron chi connectivity index (χ3n) is 5.18. The highest BCUT2D eigenvalue weighted by Crippen LogP contribution is 2.42. The maximum absolute atomic E-state index is 12.2. The summed E-state index contributed by atoms with van der Waals surface area (Å²) < 4.78 is 17.7. The van der Waals surface area contributed by atoms with Gasteiger partial charge in [0.1, 0.15) is 5.60 Å². The van der Waals surface area contributed by atoms with E-state index in [0.717, 1.165) is 12.8 Å². The molecule has 0 spiro atoms. The number of rotatable bonds is 2. The Morgan fingerprint density at radius 1 is 1.12 bits per heavy atom. The molecule has 0 bridgehead atoms. The normalized spacial score (nSPS) is 28.8. The number of carbonyl (C=O) groups is 1. The number of carbonyl (C=O) groups excluding carboxylic acids is 1. The van der Waals surface area contributed by atoms with E-state index in [9.17, 15) is 4.79 Å². The molecule has 1 aliphatic heterocycles. The number of amides is 1. The predicted octanol–water partition coefficient (Wildman–Crippen LogP) is 4.03. The Hall–Kier alpha value is -1.01. The van der Waals surface area contributed by atoms with Crippen LogP contribution in [0.1, 0.15) is 61.3 Å². The number of hydrogen-bond acceptors (Lipinski definition) is 4. The quantitative estimate of drug-likeness (QED) is 0.564. The smallest absolute Gasteiger partial charge is 0.444 e. The summed E-state index contributed by atoms with van der Waals surface area (Å²) in [5.41, 5.74) is -1.10. The average Bonchev–Trinajstić information content (AvgIpc) is 2.65. The number of ether oxygens (including phenoxy) is 1. The van der Waals surface area contributed by atoms with Gasteiger partial charge in [0.05, 0.1) is 17.2 Å². The molecule has 0 aromatic heterocycles. The Morgan fingerprint density at radius 3 is 2.08 bits per heavy atom. The van der Waals surface area contributed by atoms with Crippen molar-refractivity contribution in [2.45, 2.75) is 90.0 Å². The molecule has 2 rings (SSSR count). The molecule has 1 aliphatic carbocycles. The zero-order valence-electron chi connectivity index (χ0n) is 16.4. The number of hydrogen-bond donors (Lipinski definition) is 0. The Bertz CT molecular complexity index is 494. The number of allylic oxidation sites excluding steroid dienone is 1. The minimum atomic E-state index is -0.477. The van der Waals surface area contributed by atoms with E-state index in [2.05, 4.69) is 39.8 Å². The lowest BCUT2D eigenvalue weighted by Crippen LogP contribution is -2.41. The Balaban J connectivity index is 1.96. The molecule has 2 aliphatic rings. The molecule has 0 saturated carbocycles. The van der Waals surface area contributed by atoms with Gasteiger partial charge in [-0.15, -0.1) is 0 Å². The largest absolute Gasteiger partial charge is 0.465 e. The van der Waals surface area contributed by atoms with Gasteiger partial charge in [-0.2, -0.15) is 0 Å². The topological polar surface area (TPSA) is 48.0 Å². The van der Waals surface area contributed by atoms with E-state index in [0.29, 0.717) is 0 Å². The Morgan fingerprint density at radius 2 is 1.67 bits per heavy atom. The van der Waals surface area contributed by atoms with Crippen molar-refractivity contribution in [3.05, 3.63) is 12.2 Å². The van der Waals surface area contributed by atoms with Crippen LogP contribution in [-0.4, -0.2) is 48.0 Å².